The van der Waals surface area contributed by atoms with Gasteiger partial charge in [-0.05, 0) is 13.8 Å². The molecule has 2 aliphatic heterocycles. The van der Waals surface area contributed by atoms with E-state index in [4.69, 9.17) is 18.9 Å². The topological polar surface area (TPSA) is 54.0 Å². The molecule has 5 nitrogen and oxygen atoms in total. The molecule has 0 radical (unpaired) electrons. The molecule has 5 heteroatoms. The Kier molecular flexibility index (Phi) is 2.35. The van der Waals surface area contributed by atoms with Gasteiger partial charge in [0.25, 0.3) is 0 Å². The minimum atomic E-state index is -0.669. The van der Waals surface area contributed by atoms with Crippen molar-refractivity contribution in [1.82, 2.24) is 0 Å². The van der Waals surface area contributed by atoms with E-state index in [0.29, 0.717) is 0 Å². The molecule has 0 aromatic heterocycles. The van der Waals surface area contributed by atoms with Gasteiger partial charge in [-0.2, -0.15) is 0 Å². The van der Waals surface area contributed by atoms with Gasteiger partial charge in [-0.1, -0.05) is 0 Å². The zero-order chi connectivity index (χ0) is 10.3. The molecule has 2 fully saturated rings. The van der Waals surface area contributed by atoms with Gasteiger partial charge in [-0.15, -0.1) is 0 Å². The fraction of sp³-hybridized carbons (Fsp3) is 0.889. The monoisotopic (exact) mass is 202 g/mol. The second-order valence-electron chi connectivity index (χ2n) is 3.91. The second kappa shape index (κ2) is 3.27. The van der Waals surface area contributed by atoms with Crippen molar-refractivity contribution in [2.75, 3.05) is 7.11 Å². The van der Waals surface area contributed by atoms with Crippen molar-refractivity contribution in [3.05, 3.63) is 0 Å². The summed E-state index contributed by atoms with van der Waals surface area (Å²) in [5, 5.41) is 0. The second-order valence-corrected chi connectivity index (χ2v) is 3.91. The van der Waals surface area contributed by atoms with E-state index in [2.05, 4.69) is 0 Å². The third-order valence-corrected chi connectivity index (χ3v) is 2.41. The maximum Gasteiger partial charge on any atom is 0.187 e. The van der Waals surface area contributed by atoms with Crippen LogP contribution in [0.25, 0.3) is 0 Å². The molecule has 2 saturated heterocycles. The van der Waals surface area contributed by atoms with Gasteiger partial charge < -0.3 is 23.7 Å². The molecule has 2 rings (SSSR count). The van der Waals surface area contributed by atoms with E-state index in [1.54, 1.807) is 13.8 Å². The number of carbonyl (C=O) groups is 1. The Hall–Kier alpha value is -0.490. The van der Waals surface area contributed by atoms with Crippen LogP contribution in [0.5, 0.6) is 0 Å². The largest absolute Gasteiger partial charge is 0.353 e. The summed E-state index contributed by atoms with van der Waals surface area (Å²) >= 11 is 0. The van der Waals surface area contributed by atoms with E-state index in [1.165, 1.54) is 7.11 Å². The van der Waals surface area contributed by atoms with Crippen molar-refractivity contribution in [2.45, 2.75) is 44.2 Å². The first-order valence-corrected chi connectivity index (χ1v) is 4.56. The van der Waals surface area contributed by atoms with Crippen LogP contribution < -0.4 is 0 Å². The average molecular weight is 202 g/mol. The number of methoxy groups -OCH3 is 1. The van der Waals surface area contributed by atoms with Gasteiger partial charge in [-0.3, -0.25) is 0 Å². The first-order valence-electron chi connectivity index (χ1n) is 4.56. The normalized spacial score (nSPS) is 45.1. The lowest BCUT2D eigenvalue weighted by Crippen LogP contribution is -2.30. The molecule has 0 bridgehead atoms. The van der Waals surface area contributed by atoms with Crippen LogP contribution in [0.3, 0.4) is 0 Å². The van der Waals surface area contributed by atoms with Gasteiger partial charge >= 0.3 is 0 Å². The zero-order valence-electron chi connectivity index (χ0n) is 8.43. The van der Waals surface area contributed by atoms with Crippen molar-refractivity contribution < 1.29 is 23.7 Å². The van der Waals surface area contributed by atoms with Crippen molar-refractivity contribution in [1.29, 1.82) is 0 Å². The average Bonchev–Trinajstić information content (AvgIpc) is 2.57. The molecule has 0 saturated carbocycles. The van der Waals surface area contributed by atoms with Crippen LogP contribution in [0.1, 0.15) is 13.8 Å². The van der Waals surface area contributed by atoms with E-state index in [-0.39, 0.29) is 12.2 Å². The molecule has 0 amide bonds. The minimum Gasteiger partial charge on any atom is -0.353 e. The van der Waals surface area contributed by atoms with Gasteiger partial charge in [0, 0.05) is 7.11 Å². The third kappa shape index (κ3) is 1.46. The van der Waals surface area contributed by atoms with Crippen molar-refractivity contribution >= 4 is 6.29 Å². The van der Waals surface area contributed by atoms with Crippen LogP contribution in [0, 0.1) is 0 Å². The number of hydrogen-bond donors (Lipinski definition) is 0. The number of aldehydes is 1. The summed E-state index contributed by atoms with van der Waals surface area (Å²) in [4.78, 5) is 10.7. The highest BCUT2D eigenvalue weighted by Gasteiger charge is 2.55. The zero-order valence-corrected chi connectivity index (χ0v) is 8.43. The highest BCUT2D eigenvalue weighted by molar-refractivity contribution is 5.58. The first-order chi connectivity index (χ1) is 6.57. The molecule has 1 unspecified atom stereocenters. The Morgan fingerprint density at radius 2 is 1.93 bits per heavy atom. The fourth-order valence-electron chi connectivity index (χ4n) is 1.89. The SMILES string of the molecule is CO[C@@H]1O[C@H](C=O)C2OC(C)(C)O[C@@H]21. The van der Waals surface area contributed by atoms with E-state index in [1.807, 2.05) is 0 Å². The van der Waals surface area contributed by atoms with E-state index in [0.717, 1.165) is 6.29 Å². The maximum absolute atomic E-state index is 10.7. The van der Waals surface area contributed by atoms with Gasteiger partial charge in [0.2, 0.25) is 0 Å². The van der Waals surface area contributed by atoms with Crippen LogP contribution >= 0.6 is 0 Å². The van der Waals surface area contributed by atoms with Crippen LogP contribution in [0.2, 0.25) is 0 Å². The highest BCUT2D eigenvalue weighted by atomic mass is 16.8. The fourth-order valence-corrected chi connectivity index (χ4v) is 1.89. The van der Waals surface area contributed by atoms with E-state index >= 15 is 0 Å². The summed E-state index contributed by atoms with van der Waals surface area (Å²) < 4.78 is 21.5. The predicted molar refractivity (Wildman–Crippen MR) is 45.6 cm³/mol. The Bertz CT molecular complexity index is 239. The van der Waals surface area contributed by atoms with Gasteiger partial charge in [0.05, 0.1) is 0 Å². The molecule has 2 heterocycles. The molecule has 0 aromatic carbocycles. The quantitative estimate of drug-likeness (QED) is 0.593. The van der Waals surface area contributed by atoms with Crippen LogP contribution in [-0.2, 0) is 23.7 Å². The number of hydrogen-bond acceptors (Lipinski definition) is 5. The summed E-state index contributed by atoms with van der Waals surface area (Å²) in [6.45, 7) is 3.61. The molecule has 0 spiro atoms. The predicted octanol–water partition coefficient (Wildman–Crippen LogP) is 0.0767. The van der Waals surface area contributed by atoms with Gasteiger partial charge in [0.1, 0.15) is 18.3 Å². The number of carbonyl (C=O) groups excluding carboxylic acids is 1. The molecule has 14 heavy (non-hydrogen) atoms. The molecular weight excluding hydrogens is 188 g/mol. The van der Waals surface area contributed by atoms with Crippen LogP contribution in [-0.4, -0.2) is 43.8 Å². The smallest absolute Gasteiger partial charge is 0.187 e. The summed E-state index contributed by atoms with van der Waals surface area (Å²) in [6.07, 6.45) is -1.05. The summed E-state index contributed by atoms with van der Waals surface area (Å²) in [7, 11) is 1.52. The standard InChI is InChI=1S/C9H14O5/c1-9(2)13-6-5(4-10)12-8(11-3)7(6)14-9/h4-8H,1-3H3/t5-,6?,7+,8-/m1/s1. The van der Waals surface area contributed by atoms with E-state index in [9.17, 15) is 4.79 Å². The van der Waals surface area contributed by atoms with Crippen LogP contribution in [0.15, 0.2) is 0 Å². The molecule has 0 aliphatic carbocycles. The lowest BCUT2D eigenvalue weighted by molar-refractivity contribution is -0.223. The summed E-state index contributed by atoms with van der Waals surface area (Å²) in [5.41, 5.74) is 0. The van der Waals surface area contributed by atoms with Gasteiger partial charge in [0.15, 0.2) is 18.4 Å². The lowest BCUT2D eigenvalue weighted by Gasteiger charge is -2.21. The third-order valence-electron chi connectivity index (χ3n) is 2.41. The Morgan fingerprint density at radius 3 is 2.50 bits per heavy atom. The molecule has 0 N–H and O–H groups in total. The summed E-state index contributed by atoms with van der Waals surface area (Å²) in [5.74, 6) is -0.669. The van der Waals surface area contributed by atoms with Crippen molar-refractivity contribution in [2.24, 2.45) is 0 Å². The van der Waals surface area contributed by atoms with Crippen molar-refractivity contribution in [3.8, 4) is 0 Å². The van der Waals surface area contributed by atoms with Crippen LogP contribution in [0.4, 0.5) is 0 Å². The lowest BCUT2D eigenvalue weighted by atomic mass is 10.1. The molecule has 4 atom stereocenters. The molecule has 0 aromatic rings. The first kappa shape index (κ1) is 10.0. The molecule has 2 aliphatic rings. The highest BCUT2D eigenvalue weighted by Crippen LogP contribution is 2.38. The van der Waals surface area contributed by atoms with E-state index < -0.39 is 18.2 Å². The molecular formula is C9H14O5. The Balaban J connectivity index is 2.16. The van der Waals surface area contributed by atoms with Crippen molar-refractivity contribution in [3.63, 3.8) is 0 Å². The minimum absolute atomic E-state index is 0.315. The van der Waals surface area contributed by atoms with Gasteiger partial charge in [-0.25, -0.2) is 0 Å². The number of rotatable bonds is 2. The number of fused-ring (bicyclic) bond motifs is 1. The molecule has 80 valence electrons. The Labute approximate surface area is 82.3 Å². The maximum atomic E-state index is 10.7. The Morgan fingerprint density at radius 1 is 1.29 bits per heavy atom. The summed E-state index contributed by atoms with van der Waals surface area (Å²) in [6, 6.07) is 0. The number of ether oxygens (including phenoxy) is 4.